The van der Waals surface area contributed by atoms with Crippen LogP contribution in [0.1, 0.15) is 11.1 Å². The third kappa shape index (κ3) is 3.80. The van der Waals surface area contributed by atoms with Crippen molar-refractivity contribution in [2.24, 2.45) is 0 Å². The standard InChI is InChI=1S/C23H21N3OS/c1-16-12-13-20-24-22(19-11-7-6-8-17(19)2)23(26(20)14-16)25-21(27)15-28-18-9-4-3-5-10-18/h3-14H,15H2,1-2H3,(H,25,27). The molecule has 0 bridgehead atoms. The lowest BCUT2D eigenvalue weighted by Crippen LogP contribution is -2.16. The molecule has 4 aromatic rings. The van der Waals surface area contributed by atoms with E-state index < -0.39 is 0 Å². The smallest absolute Gasteiger partial charge is 0.235 e. The molecule has 140 valence electrons. The van der Waals surface area contributed by atoms with Crippen LogP contribution in [-0.2, 0) is 4.79 Å². The Bertz CT molecular complexity index is 1140. The summed E-state index contributed by atoms with van der Waals surface area (Å²) in [6, 6.07) is 22.0. The van der Waals surface area contributed by atoms with Crippen LogP contribution < -0.4 is 5.32 Å². The molecule has 0 saturated heterocycles. The highest BCUT2D eigenvalue weighted by Crippen LogP contribution is 2.31. The molecule has 5 heteroatoms. The molecule has 0 radical (unpaired) electrons. The summed E-state index contributed by atoms with van der Waals surface area (Å²) in [5.74, 6) is 1.01. The maximum absolute atomic E-state index is 12.7. The van der Waals surface area contributed by atoms with Crippen LogP contribution in [0.5, 0.6) is 0 Å². The predicted octanol–water partition coefficient (Wildman–Crippen LogP) is 5.35. The molecular formula is C23H21N3OS. The first-order valence-electron chi connectivity index (χ1n) is 9.14. The van der Waals surface area contributed by atoms with Crippen LogP contribution in [-0.4, -0.2) is 21.0 Å². The number of aryl methyl sites for hydroxylation is 2. The number of benzene rings is 2. The summed E-state index contributed by atoms with van der Waals surface area (Å²) in [6.45, 7) is 4.09. The van der Waals surface area contributed by atoms with E-state index in [9.17, 15) is 4.79 Å². The highest BCUT2D eigenvalue weighted by Gasteiger charge is 2.18. The van der Waals surface area contributed by atoms with E-state index in [0.717, 1.165) is 32.9 Å². The van der Waals surface area contributed by atoms with E-state index in [1.165, 1.54) is 11.8 Å². The largest absolute Gasteiger partial charge is 0.309 e. The number of aromatic nitrogens is 2. The summed E-state index contributed by atoms with van der Waals surface area (Å²) >= 11 is 1.52. The van der Waals surface area contributed by atoms with Crippen molar-refractivity contribution in [2.75, 3.05) is 11.1 Å². The molecule has 0 spiro atoms. The van der Waals surface area contributed by atoms with Crippen molar-refractivity contribution < 1.29 is 4.79 Å². The van der Waals surface area contributed by atoms with Gasteiger partial charge in [0.1, 0.15) is 17.2 Å². The van der Waals surface area contributed by atoms with Crippen molar-refractivity contribution in [3.05, 3.63) is 84.1 Å². The molecule has 4 nitrogen and oxygen atoms in total. The van der Waals surface area contributed by atoms with Gasteiger partial charge in [0.2, 0.25) is 5.91 Å². The Morgan fingerprint density at radius 2 is 1.75 bits per heavy atom. The first kappa shape index (κ1) is 18.3. The first-order chi connectivity index (χ1) is 13.6. The van der Waals surface area contributed by atoms with Gasteiger partial charge in [-0.05, 0) is 43.2 Å². The van der Waals surface area contributed by atoms with Gasteiger partial charge in [0, 0.05) is 16.7 Å². The fraction of sp³-hybridized carbons (Fsp3) is 0.130. The van der Waals surface area contributed by atoms with Crippen molar-refractivity contribution in [1.29, 1.82) is 0 Å². The number of thioether (sulfide) groups is 1. The topological polar surface area (TPSA) is 46.4 Å². The lowest BCUT2D eigenvalue weighted by molar-refractivity contribution is -0.113. The highest BCUT2D eigenvalue weighted by molar-refractivity contribution is 8.00. The monoisotopic (exact) mass is 387 g/mol. The third-order valence-corrected chi connectivity index (χ3v) is 5.55. The molecule has 0 aliphatic rings. The second kappa shape index (κ2) is 7.90. The molecule has 0 aliphatic heterocycles. The van der Waals surface area contributed by atoms with E-state index in [1.54, 1.807) is 0 Å². The van der Waals surface area contributed by atoms with Crippen LogP contribution in [0, 0.1) is 13.8 Å². The molecule has 1 amide bonds. The number of imidazole rings is 1. The summed E-state index contributed by atoms with van der Waals surface area (Å²) in [7, 11) is 0. The molecule has 0 unspecified atom stereocenters. The molecule has 1 N–H and O–H groups in total. The number of hydrogen-bond donors (Lipinski definition) is 1. The van der Waals surface area contributed by atoms with Crippen molar-refractivity contribution in [2.45, 2.75) is 18.7 Å². The van der Waals surface area contributed by atoms with Crippen molar-refractivity contribution >= 4 is 29.1 Å². The lowest BCUT2D eigenvalue weighted by atomic mass is 10.1. The minimum absolute atomic E-state index is 0.0491. The average molecular weight is 388 g/mol. The minimum atomic E-state index is -0.0491. The van der Waals surface area contributed by atoms with Gasteiger partial charge in [-0.2, -0.15) is 0 Å². The Balaban J connectivity index is 1.68. The number of fused-ring (bicyclic) bond motifs is 1. The Labute approximate surface area is 168 Å². The van der Waals surface area contributed by atoms with Crippen LogP contribution >= 0.6 is 11.8 Å². The average Bonchev–Trinajstić information content (AvgIpc) is 3.05. The van der Waals surface area contributed by atoms with E-state index in [-0.39, 0.29) is 5.91 Å². The molecule has 2 aromatic carbocycles. The summed E-state index contributed by atoms with van der Waals surface area (Å²) in [5, 5.41) is 3.10. The number of anilines is 1. The van der Waals surface area contributed by atoms with Gasteiger partial charge in [-0.15, -0.1) is 11.8 Å². The number of amides is 1. The predicted molar refractivity (Wildman–Crippen MR) is 116 cm³/mol. The molecule has 0 saturated carbocycles. The summed E-state index contributed by atoms with van der Waals surface area (Å²) in [6.07, 6.45) is 2.00. The number of nitrogens with zero attached hydrogens (tertiary/aromatic N) is 2. The van der Waals surface area contributed by atoms with Gasteiger partial charge >= 0.3 is 0 Å². The molecular weight excluding hydrogens is 366 g/mol. The molecule has 2 heterocycles. The van der Waals surface area contributed by atoms with E-state index in [0.29, 0.717) is 11.6 Å². The maximum atomic E-state index is 12.7. The van der Waals surface area contributed by atoms with Gasteiger partial charge in [-0.1, -0.05) is 48.5 Å². The number of hydrogen-bond acceptors (Lipinski definition) is 3. The zero-order valence-electron chi connectivity index (χ0n) is 15.8. The fourth-order valence-electron chi connectivity index (χ4n) is 3.13. The van der Waals surface area contributed by atoms with E-state index in [1.807, 2.05) is 78.2 Å². The van der Waals surface area contributed by atoms with Crippen molar-refractivity contribution in [3.63, 3.8) is 0 Å². The van der Waals surface area contributed by atoms with Gasteiger partial charge in [-0.3, -0.25) is 9.20 Å². The van der Waals surface area contributed by atoms with Gasteiger partial charge < -0.3 is 5.32 Å². The van der Waals surface area contributed by atoms with Gasteiger partial charge in [0.25, 0.3) is 0 Å². The number of rotatable bonds is 5. The van der Waals surface area contributed by atoms with Gasteiger partial charge in [0.15, 0.2) is 0 Å². The molecule has 0 atom stereocenters. The Morgan fingerprint density at radius 1 is 1.00 bits per heavy atom. The minimum Gasteiger partial charge on any atom is -0.309 e. The van der Waals surface area contributed by atoms with Crippen LogP contribution in [0.25, 0.3) is 16.9 Å². The van der Waals surface area contributed by atoms with E-state index in [2.05, 4.69) is 18.3 Å². The maximum Gasteiger partial charge on any atom is 0.235 e. The summed E-state index contributed by atoms with van der Waals surface area (Å²) < 4.78 is 1.96. The highest BCUT2D eigenvalue weighted by atomic mass is 32.2. The van der Waals surface area contributed by atoms with E-state index in [4.69, 9.17) is 4.98 Å². The van der Waals surface area contributed by atoms with E-state index >= 15 is 0 Å². The van der Waals surface area contributed by atoms with Gasteiger partial charge in [0.05, 0.1) is 5.75 Å². The van der Waals surface area contributed by atoms with Crippen molar-refractivity contribution in [3.8, 4) is 11.3 Å². The third-order valence-electron chi connectivity index (χ3n) is 4.54. The number of nitrogens with one attached hydrogen (secondary N) is 1. The number of pyridine rings is 1. The Kier molecular flexibility index (Phi) is 5.17. The summed E-state index contributed by atoms with van der Waals surface area (Å²) in [4.78, 5) is 18.6. The molecule has 4 rings (SSSR count). The molecule has 0 fully saturated rings. The van der Waals surface area contributed by atoms with Crippen LogP contribution in [0.3, 0.4) is 0 Å². The first-order valence-corrected chi connectivity index (χ1v) is 10.1. The van der Waals surface area contributed by atoms with Gasteiger partial charge in [-0.25, -0.2) is 4.98 Å². The van der Waals surface area contributed by atoms with Crippen LogP contribution in [0.15, 0.2) is 77.8 Å². The molecule has 0 aliphatic carbocycles. The van der Waals surface area contributed by atoms with Crippen LogP contribution in [0.4, 0.5) is 5.82 Å². The number of carbonyl (C=O) groups excluding carboxylic acids is 1. The Morgan fingerprint density at radius 3 is 2.54 bits per heavy atom. The quantitative estimate of drug-likeness (QED) is 0.470. The molecule has 2 aromatic heterocycles. The normalized spacial score (nSPS) is 10.9. The number of carbonyl (C=O) groups is 1. The van der Waals surface area contributed by atoms with Crippen molar-refractivity contribution in [1.82, 2.24) is 9.38 Å². The SMILES string of the molecule is Cc1ccc2nc(-c3ccccc3C)c(NC(=O)CSc3ccccc3)n2c1. The molecule has 28 heavy (non-hydrogen) atoms. The Hall–Kier alpha value is -3.05. The lowest BCUT2D eigenvalue weighted by Gasteiger charge is -2.09. The zero-order valence-corrected chi connectivity index (χ0v) is 16.7. The fourth-order valence-corrected chi connectivity index (χ4v) is 3.85. The zero-order chi connectivity index (χ0) is 19.5. The summed E-state index contributed by atoms with van der Waals surface area (Å²) in [5.41, 5.74) is 4.86. The second-order valence-corrected chi connectivity index (χ2v) is 7.76. The van der Waals surface area contributed by atoms with Crippen LogP contribution in [0.2, 0.25) is 0 Å². The second-order valence-electron chi connectivity index (χ2n) is 6.71.